The van der Waals surface area contributed by atoms with Crippen molar-refractivity contribution in [2.24, 2.45) is 0 Å². The van der Waals surface area contributed by atoms with Crippen molar-refractivity contribution >= 4 is 5.69 Å². The summed E-state index contributed by atoms with van der Waals surface area (Å²) < 4.78 is 7.42. The number of aromatic nitrogens is 2. The van der Waals surface area contributed by atoms with Crippen LogP contribution in [0.4, 0.5) is 5.69 Å². The summed E-state index contributed by atoms with van der Waals surface area (Å²) in [5.41, 5.74) is 3.59. The Hall–Kier alpha value is -2.83. The molecule has 168 valence electrons. The molecule has 1 aromatic heterocycles. The largest absolute Gasteiger partial charge is 0.494 e. The molecule has 0 bridgehead atoms. The molecule has 2 fully saturated rings. The molecule has 6 nitrogen and oxygen atoms in total. The number of anilines is 1. The van der Waals surface area contributed by atoms with E-state index in [0.29, 0.717) is 6.04 Å². The Labute approximate surface area is 191 Å². The first-order valence-corrected chi connectivity index (χ1v) is 11.7. The zero-order chi connectivity index (χ0) is 21.8. The number of hydrogen-bond donors (Lipinski definition) is 0. The molecule has 2 saturated heterocycles. The van der Waals surface area contributed by atoms with Crippen molar-refractivity contribution in [1.29, 1.82) is 0 Å². The standard InChI is InChI=1S/C26H33N5O/c1-32-26-12-6-5-11-25(26)31-20-22(18-27-31)19-28-13-7-10-24(21-28)30-16-14-29(15-17-30)23-8-3-2-4-9-23/h2-6,8-9,11-12,18,20,24H,7,10,13-17,19,21H2,1H3. The highest BCUT2D eigenvalue weighted by Gasteiger charge is 2.28. The summed E-state index contributed by atoms with van der Waals surface area (Å²) in [5.74, 6) is 0.842. The van der Waals surface area contributed by atoms with E-state index in [1.54, 1.807) is 7.11 Å². The third-order valence-electron chi connectivity index (χ3n) is 6.81. The molecule has 0 amide bonds. The molecule has 3 heterocycles. The molecule has 6 heteroatoms. The van der Waals surface area contributed by atoms with Crippen molar-refractivity contribution in [3.63, 3.8) is 0 Å². The highest BCUT2D eigenvalue weighted by Crippen LogP contribution is 2.24. The zero-order valence-corrected chi connectivity index (χ0v) is 18.9. The van der Waals surface area contributed by atoms with E-state index in [1.165, 1.54) is 30.6 Å². The second-order valence-corrected chi connectivity index (χ2v) is 8.85. The quantitative estimate of drug-likeness (QED) is 0.595. The van der Waals surface area contributed by atoms with Gasteiger partial charge < -0.3 is 9.64 Å². The van der Waals surface area contributed by atoms with E-state index in [1.807, 2.05) is 35.1 Å². The van der Waals surface area contributed by atoms with E-state index in [4.69, 9.17) is 4.74 Å². The van der Waals surface area contributed by atoms with Gasteiger partial charge in [-0.15, -0.1) is 0 Å². The second-order valence-electron chi connectivity index (χ2n) is 8.85. The normalized spacial score (nSPS) is 20.4. The maximum absolute atomic E-state index is 5.50. The first-order valence-electron chi connectivity index (χ1n) is 11.7. The van der Waals surface area contributed by atoms with Crippen LogP contribution in [0.25, 0.3) is 5.69 Å². The fourth-order valence-electron chi connectivity index (χ4n) is 5.11. The summed E-state index contributed by atoms with van der Waals surface area (Å²) in [4.78, 5) is 7.83. The molecular weight excluding hydrogens is 398 g/mol. The number of piperidine rings is 1. The van der Waals surface area contributed by atoms with Gasteiger partial charge in [0.05, 0.1) is 13.3 Å². The molecule has 0 radical (unpaired) electrons. The van der Waals surface area contributed by atoms with E-state index >= 15 is 0 Å². The van der Waals surface area contributed by atoms with Gasteiger partial charge in [0.1, 0.15) is 11.4 Å². The summed E-state index contributed by atoms with van der Waals surface area (Å²) in [5, 5.41) is 4.60. The minimum Gasteiger partial charge on any atom is -0.494 e. The van der Waals surface area contributed by atoms with Crippen LogP contribution in [0.2, 0.25) is 0 Å². The van der Waals surface area contributed by atoms with Crippen LogP contribution in [-0.4, -0.2) is 72.0 Å². The molecule has 2 aromatic carbocycles. The topological polar surface area (TPSA) is 36.8 Å². The number of hydrogen-bond acceptors (Lipinski definition) is 5. The van der Waals surface area contributed by atoms with Gasteiger partial charge in [0.2, 0.25) is 0 Å². The van der Waals surface area contributed by atoms with E-state index in [2.05, 4.69) is 56.3 Å². The van der Waals surface area contributed by atoms with E-state index in [0.717, 1.165) is 50.7 Å². The molecule has 0 N–H and O–H groups in total. The van der Waals surface area contributed by atoms with E-state index in [-0.39, 0.29) is 0 Å². The lowest BCUT2D eigenvalue weighted by Crippen LogP contribution is -2.55. The van der Waals surface area contributed by atoms with Crippen molar-refractivity contribution in [2.45, 2.75) is 25.4 Å². The Kier molecular flexibility index (Phi) is 6.41. The number of para-hydroxylation sites is 3. The second kappa shape index (κ2) is 9.76. The Bertz CT molecular complexity index is 996. The number of piperazine rings is 1. The van der Waals surface area contributed by atoms with Crippen LogP contribution in [0, 0.1) is 0 Å². The maximum Gasteiger partial charge on any atom is 0.144 e. The smallest absolute Gasteiger partial charge is 0.144 e. The van der Waals surface area contributed by atoms with Gasteiger partial charge in [-0.25, -0.2) is 4.68 Å². The van der Waals surface area contributed by atoms with Crippen molar-refractivity contribution in [1.82, 2.24) is 19.6 Å². The average molecular weight is 432 g/mol. The van der Waals surface area contributed by atoms with Gasteiger partial charge in [-0.1, -0.05) is 30.3 Å². The number of rotatable bonds is 6. The molecule has 2 aliphatic heterocycles. The number of ether oxygens (including phenoxy) is 1. The zero-order valence-electron chi connectivity index (χ0n) is 18.9. The van der Waals surface area contributed by atoms with Gasteiger partial charge in [0.15, 0.2) is 0 Å². The van der Waals surface area contributed by atoms with Crippen LogP contribution >= 0.6 is 0 Å². The lowest BCUT2D eigenvalue weighted by molar-refractivity contribution is 0.0888. The molecule has 2 aliphatic rings. The Morgan fingerprint density at radius 1 is 0.938 bits per heavy atom. The molecule has 1 unspecified atom stereocenters. The van der Waals surface area contributed by atoms with Gasteiger partial charge in [-0.05, 0) is 43.7 Å². The monoisotopic (exact) mass is 431 g/mol. The van der Waals surface area contributed by atoms with Gasteiger partial charge >= 0.3 is 0 Å². The van der Waals surface area contributed by atoms with Gasteiger partial charge in [0.25, 0.3) is 0 Å². The van der Waals surface area contributed by atoms with Gasteiger partial charge in [-0.3, -0.25) is 9.80 Å². The van der Waals surface area contributed by atoms with E-state index < -0.39 is 0 Å². The Morgan fingerprint density at radius 2 is 1.72 bits per heavy atom. The van der Waals surface area contributed by atoms with Crippen molar-refractivity contribution in [2.75, 3.05) is 51.3 Å². The molecule has 5 rings (SSSR count). The molecule has 0 saturated carbocycles. The third-order valence-corrected chi connectivity index (χ3v) is 6.81. The lowest BCUT2D eigenvalue weighted by atomic mass is 10.0. The molecule has 0 spiro atoms. The minimum atomic E-state index is 0.658. The highest BCUT2D eigenvalue weighted by atomic mass is 16.5. The minimum absolute atomic E-state index is 0.658. The fraction of sp³-hybridized carbons (Fsp3) is 0.423. The van der Waals surface area contributed by atoms with Crippen molar-refractivity contribution in [3.05, 3.63) is 72.6 Å². The molecule has 3 aromatic rings. The highest BCUT2D eigenvalue weighted by molar-refractivity contribution is 5.47. The first-order chi connectivity index (χ1) is 15.8. The Morgan fingerprint density at radius 3 is 2.53 bits per heavy atom. The summed E-state index contributed by atoms with van der Waals surface area (Å²) in [6, 6.07) is 19.5. The number of nitrogens with zero attached hydrogens (tertiary/aromatic N) is 5. The van der Waals surface area contributed by atoms with Crippen LogP contribution in [0.5, 0.6) is 5.75 Å². The van der Waals surface area contributed by atoms with Crippen molar-refractivity contribution < 1.29 is 4.74 Å². The SMILES string of the molecule is COc1ccccc1-n1cc(CN2CCCC(N3CCN(c4ccccc4)CC3)C2)cn1. The Balaban J connectivity index is 1.17. The van der Waals surface area contributed by atoms with Crippen molar-refractivity contribution in [3.8, 4) is 11.4 Å². The molecule has 0 aliphatic carbocycles. The molecular formula is C26H33N5O. The summed E-state index contributed by atoms with van der Waals surface area (Å²) >= 11 is 0. The van der Waals surface area contributed by atoms with E-state index in [9.17, 15) is 0 Å². The summed E-state index contributed by atoms with van der Waals surface area (Å²) in [6.07, 6.45) is 6.71. The summed E-state index contributed by atoms with van der Waals surface area (Å²) in [7, 11) is 1.71. The predicted octanol–water partition coefficient (Wildman–Crippen LogP) is 3.67. The maximum atomic E-state index is 5.50. The average Bonchev–Trinajstić information content (AvgIpc) is 3.33. The van der Waals surface area contributed by atoms with Crippen LogP contribution in [0.3, 0.4) is 0 Å². The first kappa shape index (κ1) is 21.0. The van der Waals surface area contributed by atoms with Crippen LogP contribution in [0.15, 0.2) is 67.0 Å². The summed E-state index contributed by atoms with van der Waals surface area (Å²) in [6.45, 7) is 7.80. The van der Waals surface area contributed by atoms with Gasteiger partial charge in [0, 0.05) is 62.8 Å². The predicted molar refractivity (Wildman–Crippen MR) is 129 cm³/mol. The lowest BCUT2D eigenvalue weighted by Gasteiger charge is -2.44. The van der Waals surface area contributed by atoms with Gasteiger partial charge in [-0.2, -0.15) is 5.10 Å². The number of likely N-dealkylation sites (tertiary alicyclic amines) is 1. The third kappa shape index (κ3) is 4.66. The number of methoxy groups -OCH3 is 1. The van der Waals surface area contributed by atoms with Crippen LogP contribution < -0.4 is 9.64 Å². The molecule has 32 heavy (non-hydrogen) atoms. The fourth-order valence-corrected chi connectivity index (χ4v) is 5.11. The molecule has 1 atom stereocenters. The van der Waals surface area contributed by atoms with Crippen LogP contribution in [-0.2, 0) is 6.54 Å². The van der Waals surface area contributed by atoms with Crippen LogP contribution in [0.1, 0.15) is 18.4 Å². The number of benzene rings is 2.